The predicted molar refractivity (Wildman–Crippen MR) is 69.2 cm³/mol. The maximum atomic E-state index is 11.6. The number of amides is 2. The third-order valence-electron chi connectivity index (χ3n) is 2.39. The van der Waals surface area contributed by atoms with E-state index < -0.39 is 17.9 Å². The van der Waals surface area contributed by atoms with Crippen LogP contribution in [0.15, 0.2) is 18.2 Å². The molecular weight excluding hydrogens is 232 g/mol. The second-order valence-electron chi connectivity index (χ2n) is 4.33. The van der Waals surface area contributed by atoms with Gasteiger partial charge in [0.15, 0.2) is 0 Å². The van der Waals surface area contributed by atoms with Crippen LogP contribution < -0.4 is 10.6 Å². The van der Waals surface area contributed by atoms with Crippen LogP contribution >= 0.6 is 0 Å². The molecule has 1 rings (SSSR count). The lowest BCUT2D eigenvalue weighted by molar-refractivity contribution is -0.136. The van der Waals surface area contributed by atoms with Crippen molar-refractivity contribution in [3.8, 4) is 0 Å². The van der Waals surface area contributed by atoms with Crippen molar-refractivity contribution >= 4 is 17.5 Å². The van der Waals surface area contributed by atoms with Crippen molar-refractivity contribution in [3.05, 3.63) is 29.3 Å². The summed E-state index contributed by atoms with van der Waals surface area (Å²) in [6.07, 6.45) is -0.678. The Morgan fingerprint density at radius 2 is 1.94 bits per heavy atom. The van der Waals surface area contributed by atoms with Crippen LogP contribution in [-0.2, 0) is 9.59 Å². The molecule has 18 heavy (non-hydrogen) atoms. The van der Waals surface area contributed by atoms with E-state index in [0.29, 0.717) is 5.69 Å². The number of anilines is 1. The average molecular weight is 250 g/mol. The van der Waals surface area contributed by atoms with Gasteiger partial charge in [0.1, 0.15) is 0 Å². The molecule has 0 spiro atoms. The van der Waals surface area contributed by atoms with E-state index in [4.69, 9.17) is 5.11 Å². The summed E-state index contributed by atoms with van der Waals surface area (Å²) in [5.74, 6) is -1.49. The summed E-state index contributed by atoms with van der Waals surface area (Å²) < 4.78 is 0. The van der Waals surface area contributed by atoms with Gasteiger partial charge in [-0.15, -0.1) is 0 Å². The highest BCUT2D eigenvalue weighted by molar-refractivity contribution is 6.39. The fraction of sp³-hybridized carbons (Fsp3) is 0.385. The van der Waals surface area contributed by atoms with E-state index in [1.165, 1.54) is 6.92 Å². The summed E-state index contributed by atoms with van der Waals surface area (Å²) in [6.45, 7) is 5.39. The maximum absolute atomic E-state index is 11.6. The molecule has 5 heteroatoms. The van der Waals surface area contributed by atoms with Gasteiger partial charge in [0, 0.05) is 12.2 Å². The molecule has 0 saturated heterocycles. The van der Waals surface area contributed by atoms with Gasteiger partial charge in [0.2, 0.25) is 0 Å². The fourth-order valence-corrected chi connectivity index (χ4v) is 1.45. The second kappa shape index (κ2) is 6.16. The smallest absolute Gasteiger partial charge is 0.313 e. The zero-order chi connectivity index (χ0) is 13.7. The summed E-state index contributed by atoms with van der Waals surface area (Å²) >= 11 is 0. The van der Waals surface area contributed by atoms with Crippen molar-refractivity contribution in [2.75, 3.05) is 11.9 Å². The Kier molecular flexibility index (Phi) is 4.85. The van der Waals surface area contributed by atoms with Gasteiger partial charge in [0.25, 0.3) is 0 Å². The van der Waals surface area contributed by atoms with Crippen molar-refractivity contribution in [2.24, 2.45) is 0 Å². The lowest BCUT2D eigenvalue weighted by atomic mass is 10.1. The van der Waals surface area contributed by atoms with Crippen LogP contribution in [0.2, 0.25) is 0 Å². The van der Waals surface area contributed by atoms with E-state index in [9.17, 15) is 9.59 Å². The van der Waals surface area contributed by atoms with Gasteiger partial charge in [-0.25, -0.2) is 0 Å². The minimum absolute atomic E-state index is 0.0547. The number of rotatable bonds is 3. The molecule has 2 amide bonds. The minimum atomic E-state index is -0.754. The Hall–Kier alpha value is -1.88. The molecule has 0 unspecified atom stereocenters. The molecule has 0 heterocycles. The molecule has 0 bridgehead atoms. The highest BCUT2D eigenvalue weighted by Gasteiger charge is 2.14. The van der Waals surface area contributed by atoms with Gasteiger partial charge in [-0.1, -0.05) is 17.7 Å². The highest BCUT2D eigenvalue weighted by Crippen LogP contribution is 2.15. The molecule has 1 aromatic rings. The molecule has 3 N–H and O–H groups in total. The number of benzene rings is 1. The Balaban J connectivity index is 2.61. The quantitative estimate of drug-likeness (QED) is 0.692. The molecular formula is C13H18N2O3. The molecule has 0 aliphatic carbocycles. The lowest BCUT2D eigenvalue weighted by Crippen LogP contribution is -2.38. The van der Waals surface area contributed by atoms with Crippen LogP contribution in [0.3, 0.4) is 0 Å². The van der Waals surface area contributed by atoms with Crippen molar-refractivity contribution in [1.82, 2.24) is 5.32 Å². The van der Waals surface area contributed by atoms with Crippen LogP contribution in [0.1, 0.15) is 18.1 Å². The van der Waals surface area contributed by atoms with Crippen molar-refractivity contribution in [3.63, 3.8) is 0 Å². The van der Waals surface area contributed by atoms with Gasteiger partial charge >= 0.3 is 11.8 Å². The van der Waals surface area contributed by atoms with E-state index in [0.717, 1.165) is 11.1 Å². The van der Waals surface area contributed by atoms with Gasteiger partial charge in [-0.3, -0.25) is 9.59 Å². The number of aryl methyl sites for hydroxylation is 2. The van der Waals surface area contributed by atoms with Gasteiger partial charge in [-0.2, -0.15) is 0 Å². The third-order valence-corrected chi connectivity index (χ3v) is 2.39. The number of aliphatic hydroxyl groups excluding tert-OH is 1. The summed E-state index contributed by atoms with van der Waals surface area (Å²) in [7, 11) is 0. The third kappa shape index (κ3) is 4.18. The van der Waals surface area contributed by atoms with E-state index >= 15 is 0 Å². The normalized spacial score (nSPS) is 11.8. The van der Waals surface area contributed by atoms with Crippen molar-refractivity contribution < 1.29 is 14.7 Å². The summed E-state index contributed by atoms with van der Waals surface area (Å²) in [5.41, 5.74) is 2.59. The lowest BCUT2D eigenvalue weighted by Gasteiger charge is -2.10. The maximum Gasteiger partial charge on any atom is 0.313 e. The highest BCUT2D eigenvalue weighted by atomic mass is 16.3. The number of aliphatic hydroxyl groups is 1. The van der Waals surface area contributed by atoms with E-state index in [2.05, 4.69) is 10.6 Å². The minimum Gasteiger partial charge on any atom is -0.392 e. The molecule has 0 saturated carbocycles. The molecule has 0 aliphatic heterocycles. The van der Waals surface area contributed by atoms with E-state index in [-0.39, 0.29) is 6.54 Å². The van der Waals surface area contributed by atoms with E-state index in [1.54, 1.807) is 6.07 Å². The average Bonchev–Trinajstić information content (AvgIpc) is 2.29. The van der Waals surface area contributed by atoms with Crippen LogP contribution in [0, 0.1) is 13.8 Å². The van der Waals surface area contributed by atoms with Crippen molar-refractivity contribution in [1.29, 1.82) is 0 Å². The first-order valence-electron chi connectivity index (χ1n) is 5.74. The zero-order valence-corrected chi connectivity index (χ0v) is 10.8. The van der Waals surface area contributed by atoms with Crippen molar-refractivity contribution in [2.45, 2.75) is 26.9 Å². The molecule has 98 valence electrons. The Morgan fingerprint density at radius 3 is 2.50 bits per heavy atom. The second-order valence-corrected chi connectivity index (χ2v) is 4.33. The first-order chi connectivity index (χ1) is 8.40. The number of carbonyl (C=O) groups is 2. The number of hydrogen-bond donors (Lipinski definition) is 3. The van der Waals surface area contributed by atoms with Crippen LogP contribution in [0.25, 0.3) is 0 Å². The molecule has 0 fully saturated rings. The number of hydrogen-bond acceptors (Lipinski definition) is 3. The van der Waals surface area contributed by atoms with Gasteiger partial charge in [0.05, 0.1) is 6.10 Å². The van der Waals surface area contributed by atoms with Gasteiger partial charge < -0.3 is 15.7 Å². The zero-order valence-electron chi connectivity index (χ0n) is 10.8. The summed E-state index contributed by atoms with van der Waals surface area (Å²) in [6, 6.07) is 5.53. The number of nitrogens with one attached hydrogen (secondary N) is 2. The molecule has 5 nitrogen and oxygen atoms in total. The molecule has 0 radical (unpaired) electrons. The Labute approximate surface area is 106 Å². The molecule has 0 aliphatic rings. The van der Waals surface area contributed by atoms with Crippen LogP contribution in [0.5, 0.6) is 0 Å². The first kappa shape index (κ1) is 14.2. The molecule has 1 atom stereocenters. The fourth-order valence-electron chi connectivity index (χ4n) is 1.45. The van der Waals surface area contributed by atoms with Crippen LogP contribution in [-0.4, -0.2) is 29.6 Å². The largest absolute Gasteiger partial charge is 0.392 e. The molecule has 0 aromatic heterocycles. The SMILES string of the molecule is Cc1ccc(NC(=O)C(=O)NC[C@@H](C)O)c(C)c1. The van der Waals surface area contributed by atoms with Crippen LogP contribution in [0.4, 0.5) is 5.69 Å². The van der Waals surface area contributed by atoms with E-state index in [1.807, 2.05) is 26.0 Å². The summed E-state index contributed by atoms with van der Waals surface area (Å²) in [4.78, 5) is 23.0. The topological polar surface area (TPSA) is 78.4 Å². The monoisotopic (exact) mass is 250 g/mol. The predicted octanol–water partition coefficient (Wildman–Crippen LogP) is 0.739. The molecule has 1 aromatic carbocycles. The number of carbonyl (C=O) groups excluding carboxylic acids is 2. The summed E-state index contributed by atoms with van der Waals surface area (Å²) in [5, 5.41) is 13.9. The Morgan fingerprint density at radius 1 is 1.28 bits per heavy atom. The van der Waals surface area contributed by atoms with Gasteiger partial charge in [-0.05, 0) is 32.4 Å². The first-order valence-corrected chi connectivity index (χ1v) is 5.74. The Bertz CT molecular complexity index is 456. The standard InChI is InChI=1S/C13H18N2O3/c1-8-4-5-11(9(2)6-8)15-13(18)12(17)14-7-10(3)16/h4-6,10,16H,7H2,1-3H3,(H,14,17)(H,15,18)/t10-/m1/s1.